The monoisotopic (exact) mass is 891 g/mol. The summed E-state index contributed by atoms with van der Waals surface area (Å²) in [6.07, 6.45) is 58.3. The van der Waals surface area contributed by atoms with Crippen molar-refractivity contribution in [3.63, 3.8) is 0 Å². The minimum atomic E-state index is -0.759. The van der Waals surface area contributed by atoms with E-state index in [1.165, 1.54) is 231 Å². The average Bonchev–Trinajstić information content (AvgIpc) is 3.28. The minimum absolute atomic E-state index is 0.0617. The van der Waals surface area contributed by atoms with Gasteiger partial charge in [0.2, 0.25) is 0 Å². The zero-order chi connectivity index (χ0) is 45.8. The first-order chi connectivity index (χ1) is 31.0. The molecule has 0 fully saturated rings. The van der Waals surface area contributed by atoms with Crippen molar-refractivity contribution in [2.75, 3.05) is 13.2 Å². The average molecular weight is 892 g/mol. The predicted octanol–water partition coefficient (Wildman–Crippen LogP) is 18.8. The van der Waals surface area contributed by atoms with Crippen LogP contribution in [0.15, 0.2) is 0 Å². The van der Waals surface area contributed by atoms with Gasteiger partial charge in [0, 0.05) is 19.3 Å². The molecule has 0 heterocycles. The van der Waals surface area contributed by atoms with Crippen LogP contribution in [0.4, 0.5) is 0 Å². The van der Waals surface area contributed by atoms with Crippen LogP contribution in [0.1, 0.15) is 329 Å². The van der Waals surface area contributed by atoms with E-state index in [0.717, 1.165) is 57.8 Å². The lowest BCUT2D eigenvalue weighted by molar-refractivity contribution is -0.167. The Hall–Kier alpha value is -1.59. The third kappa shape index (κ3) is 51.3. The second-order valence-electron chi connectivity index (χ2n) is 19.6. The van der Waals surface area contributed by atoms with Gasteiger partial charge in [0.1, 0.15) is 13.2 Å². The van der Waals surface area contributed by atoms with E-state index in [9.17, 15) is 14.4 Å². The van der Waals surface area contributed by atoms with Gasteiger partial charge in [-0.1, -0.05) is 290 Å². The SMILES string of the molecule is CCCCCCCCCCCCCCCCCCCCCCCCCCC(=O)OCC(COC(=O)CCCCCCCCCCCC)OC(=O)CCCCCCCCCCCCC. The van der Waals surface area contributed by atoms with Crippen LogP contribution < -0.4 is 0 Å². The fourth-order valence-corrected chi connectivity index (χ4v) is 8.80. The third-order valence-electron chi connectivity index (χ3n) is 13.1. The Morgan fingerprint density at radius 3 is 0.635 bits per heavy atom. The Morgan fingerprint density at radius 2 is 0.429 bits per heavy atom. The normalized spacial score (nSPS) is 11.9. The van der Waals surface area contributed by atoms with Crippen LogP contribution in [0, 0.1) is 0 Å². The summed E-state index contributed by atoms with van der Waals surface area (Å²) in [6, 6.07) is 0. The van der Waals surface area contributed by atoms with Gasteiger partial charge >= 0.3 is 17.9 Å². The van der Waals surface area contributed by atoms with Gasteiger partial charge in [-0.3, -0.25) is 14.4 Å². The van der Waals surface area contributed by atoms with E-state index in [0.29, 0.717) is 19.3 Å². The van der Waals surface area contributed by atoms with E-state index in [-0.39, 0.29) is 31.1 Å². The Balaban J connectivity index is 4.10. The van der Waals surface area contributed by atoms with Gasteiger partial charge in [0.25, 0.3) is 0 Å². The molecule has 0 aliphatic carbocycles. The molecular weight excluding hydrogens is 781 g/mol. The molecule has 0 aliphatic rings. The van der Waals surface area contributed by atoms with Crippen molar-refractivity contribution in [2.45, 2.75) is 335 Å². The molecule has 1 atom stereocenters. The molecule has 0 saturated carbocycles. The number of esters is 3. The van der Waals surface area contributed by atoms with Gasteiger partial charge in [0.15, 0.2) is 6.10 Å². The molecule has 0 aromatic heterocycles. The van der Waals surface area contributed by atoms with Crippen molar-refractivity contribution < 1.29 is 28.6 Å². The van der Waals surface area contributed by atoms with E-state index in [1.54, 1.807) is 0 Å². The molecule has 0 N–H and O–H groups in total. The van der Waals surface area contributed by atoms with Gasteiger partial charge in [-0.25, -0.2) is 0 Å². The smallest absolute Gasteiger partial charge is 0.306 e. The highest BCUT2D eigenvalue weighted by atomic mass is 16.6. The summed E-state index contributed by atoms with van der Waals surface area (Å²) in [4.78, 5) is 37.9. The van der Waals surface area contributed by atoms with Crippen molar-refractivity contribution in [2.24, 2.45) is 0 Å². The number of carbonyl (C=O) groups is 3. The fraction of sp³-hybridized carbons (Fsp3) is 0.947. The standard InChI is InChI=1S/C57H110O6/c1-4-7-10-13-16-19-22-23-24-25-26-27-28-29-30-31-32-33-34-36-38-41-44-47-50-56(59)62-53-54(52-61-55(58)49-46-43-40-37-21-18-15-12-9-6-3)63-57(60)51-48-45-42-39-35-20-17-14-11-8-5-2/h54H,4-53H2,1-3H3. The molecule has 0 bridgehead atoms. The zero-order valence-corrected chi connectivity index (χ0v) is 42.9. The molecular formula is C57H110O6. The van der Waals surface area contributed by atoms with Crippen LogP contribution in [0.25, 0.3) is 0 Å². The highest BCUT2D eigenvalue weighted by molar-refractivity contribution is 5.71. The van der Waals surface area contributed by atoms with Gasteiger partial charge in [0.05, 0.1) is 0 Å². The van der Waals surface area contributed by atoms with E-state index in [2.05, 4.69) is 20.8 Å². The van der Waals surface area contributed by atoms with Crippen molar-refractivity contribution in [3.8, 4) is 0 Å². The molecule has 374 valence electrons. The molecule has 0 spiro atoms. The number of hydrogen-bond donors (Lipinski definition) is 0. The topological polar surface area (TPSA) is 78.9 Å². The van der Waals surface area contributed by atoms with Gasteiger partial charge in [-0.05, 0) is 19.3 Å². The maximum Gasteiger partial charge on any atom is 0.306 e. The van der Waals surface area contributed by atoms with Crippen molar-refractivity contribution in [3.05, 3.63) is 0 Å². The Bertz CT molecular complexity index is 936. The Labute approximate surface area is 393 Å². The van der Waals surface area contributed by atoms with Crippen molar-refractivity contribution in [1.29, 1.82) is 0 Å². The van der Waals surface area contributed by atoms with Gasteiger partial charge < -0.3 is 14.2 Å². The maximum absolute atomic E-state index is 12.8. The van der Waals surface area contributed by atoms with Crippen LogP contribution in [-0.2, 0) is 28.6 Å². The van der Waals surface area contributed by atoms with E-state index < -0.39 is 6.10 Å². The summed E-state index contributed by atoms with van der Waals surface area (Å²) in [7, 11) is 0. The molecule has 0 radical (unpaired) electrons. The van der Waals surface area contributed by atoms with Crippen LogP contribution in [0.3, 0.4) is 0 Å². The number of unbranched alkanes of at least 4 members (excludes halogenated alkanes) is 42. The van der Waals surface area contributed by atoms with Crippen LogP contribution in [-0.4, -0.2) is 37.2 Å². The number of ether oxygens (including phenoxy) is 3. The summed E-state index contributed by atoms with van der Waals surface area (Å²) >= 11 is 0. The van der Waals surface area contributed by atoms with Gasteiger partial charge in [-0.15, -0.1) is 0 Å². The first kappa shape index (κ1) is 61.4. The van der Waals surface area contributed by atoms with E-state index >= 15 is 0 Å². The van der Waals surface area contributed by atoms with Gasteiger partial charge in [-0.2, -0.15) is 0 Å². The molecule has 0 saturated heterocycles. The second-order valence-corrected chi connectivity index (χ2v) is 19.6. The lowest BCUT2D eigenvalue weighted by atomic mass is 10.0. The Kier molecular flexibility index (Phi) is 51.7. The van der Waals surface area contributed by atoms with E-state index in [1.807, 2.05) is 0 Å². The van der Waals surface area contributed by atoms with Crippen molar-refractivity contribution >= 4 is 17.9 Å². The number of hydrogen-bond acceptors (Lipinski definition) is 6. The molecule has 0 aromatic rings. The summed E-state index contributed by atoms with van der Waals surface area (Å²) in [5.41, 5.74) is 0. The molecule has 63 heavy (non-hydrogen) atoms. The molecule has 0 amide bonds. The molecule has 6 heteroatoms. The number of carbonyl (C=O) groups excluding carboxylic acids is 3. The van der Waals surface area contributed by atoms with Crippen LogP contribution in [0.5, 0.6) is 0 Å². The first-order valence-electron chi connectivity index (χ1n) is 28.5. The largest absolute Gasteiger partial charge is 0.462 e. The molecule has 0 aliphatic heterocycles. The maximum atomic E-state index is 12.8. The summed E-state index contributed by atoms with van der Waals surface area (Å²) in [6.45, 7) is 6.67. The lowest BCUT2D eigenvalue weighted by Crippen LogP contribution is -2.30. The predicted molar refractivity (Wildman–Crippen MR) is 270 cm³/mol. The molecule has 6 nitrogen and oxygen atoms in total. The minimum Gasteiger partial charge on any atom is -0.462 e. The quantitative estimate of drug-likeness (QED) is 0.0344. The second kappa shape index (κ2) is 53.0. The highest BCUT2D eigenvalue weighted by Crippen LogP contribution is 2.18. The van der Waals surface area contributed by atoms with Crippen LogP contribution in [0.2, 0.25) is 0 Å². The summed E-state index contributed by atoms with van der Waals surface area (Å²) in [5, 5.41) is 0. The third-order valence-corrected chi connectivity index (χ3v) is 13.1. The van der Waals surface area contributed by atoms with Crippen molar-refractivity contribution in [1.82, 2.24) is 0 Å². The molecule has 0 rings (SSSR count). The lowest BCUT2D eigenvalue weighted by Gasteiger charge is -2.18. The van der Waals surface area contributed by atoms with Crippen LogP contribution >= 0.6 is 0 Å². The first-order valence-corrected chi connectivity index (χ1v) is 28.5. The molecule has 0 aromatic carbocycles. The molecule has 1 unspecified atom stereocenters. The highest BCUT2D eigenvalue weighted by Gasteiger charge is 2.19. The van der Waals surface area contributed by atoms with E-state index in [4.69, 9.17) is 14.2 Å². The summed E-state index contributed by atoms with van der Waals surface area (Å²) < 4.78 is 16.8. The summed E-state index contributed by atoms with van der Waals surface area (Å²) in [5.74, 6) is -0.841. The fourth-order valence-electron chi connectivity index (χ4n) is 8.80. The Morgan fingerprint density at radius 1 is 0.254 bits per heavy atom. The zero-order valence-electron chi connectivity index (χ0n) is 42.9. The number of rotatable bonds is 53.